The number of aliphatic imine (C=N–C) groups is 2. The summed E-state index contributed by atoms with van der Waals surface area (Å²) in [5.41, 5.74) is 14.6. The van der Waals surface area contributed by atoms with Crippen molar-refractivity contribution in [1.29, 1.82) is 0 Å². The molecule has 0 fully saturated rings. The van der Waals surface area contributed by atoms with Crippen molar-refractivity contribution in [1.82, 2.24) is 0 Å². The summed E-state index contributed by atoms with van der Waals surface area (Å²) in [5.74, 6) is 2.24. The van der Waals surface area contributed by atoms with Gasteiger partial charge in [0.25, 0.3) is 0 Å². The number of allylic oxidation sites excluding steroid dienone is 3. The van der Waals surface area contributed by atoms with E-state index in [9.17, 15) is 0 Å². The maximum atomic E-state index is 6.68. The molecule has 2 N–H and O–H groups in total. The lowest BCUT2D eigenvalue weighted by molar-refractivity contribution is 0.531. The number of furan rings is 2. The van der Waals surface area contributed by atoms with Crippen molar-refractivity contribution in [2.75, 3.05) is 6.54 Å². The molecule has 0 radical (unpaired) electrons. The highest BCUT2D eigenvalue weighted by Crippen LogP contribution is 2.40. The molecule has 5 heteroatoms. The van der Waals surface area contributed by atoms with Crippen molar-refractivity contribution >= 4 is 50.2 Å². The molecular weight excluding hydrogens is 542 g/mol. The van der Waals surface area contributed by atoms with Gasteiger partial charge < -0.3 is 14.6 Å². The first-order valence-electron chi connectivity index (χ1n) is 15.1. The Bertz CT molecular complexity index is 2190. The summed E-state index contributed by atoms with van der Waals surface area (Å²) in [5, 5.41) is 3.27. The fourth-order valence-electron chi connectivity index (χ4n) is 6.42. The Kier molecular flexibility index (Phi) is 6.56. The molecule has 2 aliphatic carbocycles. The Morgan fingerprint density at radius 3 is 2.34 bits per heavy atom. The van der Waals surface area contributed by atoms with Crippen LogP contribution >= 0.6 is 0 Å². The minimum Gasteiger partial charge on any atom is -0.460 e. The molecule has 0 aliphatic heterocycles. The molecule has 0 saturated heterocycles. The molecule has 1 unspecified atom stereocenters. The van der Waals surface area contributed by atoms with Gasteiger partial charge in [0.05, 0.1) is 6.54 Å². The summed E-state index contributed by atoms with van der Waals surface area (Å²) in [6.45, 7) is 0.458. The van der Waals surface area contributed by atoms with Crippen LogP contribution in [0.3, 0.4) is 0 Å². The van der Waals surface area contributed by atoms with E-state index in [1.807, 2.05) is 42.5 Å². The van der Waals surface area contributed by atoms with Crippen LogP contribution in [-0.2, 0) is 6.42 Å². The average molecular weight is 574 g/mol. The number of amidine groups is 2. The number of hydrogen-bond donors (Lipinski definition) is 1. The van der Waals surface area contributed by atoms with Gasteiger partial charge in [0.1, 0.15) is 28.3 Å². The Morgan fingerprint density at radius 1 is 0.773 bits per heavy atom. The Morgan fingerprint density at radius 2 is 1.52 bits per heavy atom. The van der Waals surface area contributed by atoms with Gasteiger partial charge in [0.2, 0.25) is 0 Å². The van der Waals surface area contributed by atoms with Gasteiger partial charge in [-0.2, -0.15) is 0 Å². The van der Waals surface area contributed by atoms with E-state index in [-0.39, 0.29) is 5.92 Å². The molecule has 5 nitrogen and oxygen atoms in total. The van der Waals surface area contributed by atoms with Crippen molar-refractivity contribution < 1.29 is 8.83 Å². The molecule has 2 heterocycles. The molecule has 0 amide bonds. The van der Waals surface area contributed by atoms with E-state index in [2.05, 4.69) is 78.9 Å². The van der Waals surface area contributed by atoms with Crippen molar-refractivity contribution in [3.63, 3.8) is 0 Å². The zero-order chi connectivity index (χ0) is 29.5. The summed E-state index contributed by atoms with van der Waals surface area (Å²) >= 11 is 0. The standard InChI is InChI=1S/C39H31N3O2/c40-38(27-19-20-31-30-15-7-9-17-33(30)43-35(31)22-27)42-39(26-13-5-2-6-14-26)41-24-29-21-28(25-11-3-1-4-12-25)23-36-37(29)32-16-8-10-18-34(32)44-36/h1,3-5,7-22,28H,2,6,23-24H2,(H2,40,41,42). The first-order valence-corrected chi connectivity index (χ1v) is 15.1. The van der Waals surface area contributed by atoms with Gasteiger partial charge in [0.15, 0.2) is 5.84 Å². The highest BCUT2D eigenvalue weighted by Gasteiger charge is 2.26. The molecule has 0 saturated carbocycles. The summed E-state index contributed by atoms with van der Waals surface area (Å²) in [4.78, 5) is 10.1. The molecule has 44 heavy (non-hydrogen) atoms. The van der Waals surface area contributed by atoms with E-state index < -0.39 is 0 Å². The predicted octanol–water partition coefficient (Wildman–Crippen LogP) is 9.14. The van der Waals surface area contributed by atoms with E-state index in [0.29, 0.717) is 18.2 Å². The van der Waals surface area contributed by atoms with Gasteiger partial charge in [0, 0.05) is 45.2 Å². The van der Waals surface area contributed by atoms with Crippen LogP contribution in [-0.4, -0.2) is 18.2 Å². The van der Waals surface area contributed by atoms with Gasteiger partial charge in [-0.25, -0.2) is 4.99 Å². The number of benzene rings is 4. The number of hydrogen-bond acceptors (Lipinski definition) is 3. The maximum Gasteiger partial charge on any atom is 0.156 e. The lowest BCUT2D eigenvalue weighted by atomic mass is 9.84. The number of fused-ring (bicyclic) bond motifs is 6. The Hall–Kier alpha value is -5.42. The third-order valence-corrected chi connectivity index (χ3v) is 8.58. The molecule has 0 spiro atoms. The molecule has 1 atom stereocenters. The molecule has 2 aromatic heterocycles. The number of para-hydroxylation sites is 2. The Balaban J connectivity index is 1.20. The molecule has 2 aliphatic rings. The lowest BCUT2D eigenvalue weighted by Crippen LogP contribution is -2.17. The quantitative estimate of drug-likeness (QED) is 0.165. The van der Waals surface area contributed by atoms with E-state index in [0.717, 1.165) is 80.2 Å². The monoisotopic (exact) mass is 573 g/mol. The second-order valence-electron chi connectivity index (χ2n) is 11.4. The highest BCUT2D eigenvalue weighted by molar-refractivity contribution is 6.14. The first-order chi connectivity index (χ1) is 21.7. The van der Waals surface area contributed by atoms with Crippen LogP contribution in [0.15, 0.2) is 146 Å². The molecule has 4 aromatic carbocycles. The van der Waals surface area contributed by atoms with Crippen LogP contribution in [0.1, 0.15) is 41.2 Å². The van der Waals surface area contributed by atoms with Gasteiger partial charge in [-0.05, 0) is 48.2 Å². The predicted molar refractivity (Wildman–Crippen MR) is 180 cm³/mol. The fourth-order valence-corrected chi connectivity index (χ4v) is 6.42. The largest absolute Gasteiger partial charge is 0.460 e. The van der Waals surface area contributed by atoms with Gasteiger partial charge in [-0.3, -0.25) is 4.99 Å². The van der Waals surface area contributed by atoms with Crippen molar-refractivity contribution in [2.45, 2.75) is 25.2 Å². The minimum absolute atomic E-state index is 0.204. The smallest absolute Gasteiger partial charge is 0.156 e. The van der Waals surface area contributed by atoms with Gasteiger partial charge >= 0.3 is 0 Å². The summed E-state index contributed by atoms with van der Waals surface area (Å²) in [7, 11) is 0. The van der Waals surface area contributed by atoms with Gasteiger partial charge in [-0.15, -0.1) is 0 Å². The second-order valence-corrected chi connectivity index (χ2v) is 11.4. The van der Waals surface area contributed by atoms with Crippen LogP contribution < -0.4 is 5.73 Å². The van der Waals surface area contributed by atoms with Gasteiger partial charge in [-0.1, -0.05) is 97.1 Å². The van der Waals surface area contributed by atoms with Crippen LogP contribution in [0.5, 0.6) is 0 Å². The van der Waals surface area contributed by atoms with Crippen LogP contribution in [0.2, 0.25) is 0 Å². The number of nitrogens with zero attached hydrogens (tertiary/aromatic N) is 2. The fraction of sp³-hybridized carbons (Fsp3) is 0.128. The Labute approximate surface area is 255 Å². The SMILES string of the molecule is N/C(=N\C(=N/CC1=CC(c2ccccc2)Cc2oc3ccccc3c21)C1=CCCC=C1)c1ccc2c(c1)oc1ccccc12. The number of nitrogens with two attached hydrogens (primary N) is 1. The zero-order valence-corrected chi connectivity index (χ0v) is 24.2. The summed E-state index contributed by atoms with van der Waals surface area (Å²) in [6.07, 6.45) is 11.6. The summed E-state index contributed by atoms with van der Waals surface area (Å²) in [6, 6.07) is 32.9. The van der Waals surface area contributed by atoms with E-state index in [1.54, 1.807) is 0 Å². The van der Waals surface area contributed by atoms with E-state index in [4.69, 9.17) is 24.6 Å². The topological polar surface area (TPSA) is 77.0 Å². The summed E-state index contributed by atoms with van der Waals surface area (Å²) < 4.78 is 12.5. The van der Waals surface area contributed by atoms with Crippen molar-refractivity contribution in [3.05, 3.63) is 149 Å². The third-order valence-electron chi connectivity index (χ3n) is 8.58. The van der Waals surface area contributed by atoms with E-state index >= 15 is 0 Å². The highest BCUT2D eigenvalue weighted by atomic mass is 16.3. The van der Waals surface area contributed by atoms with E-state index in [1.165, 1.54) is 5.56 Å². The molecule has 6 aromatic rings. The first kappa shape index (κ1) is 26.2. The maximum absolute atomic E-state index is 6.68. The molecule has 0 bridgehead atoms. The van der Waals surface area contributed by atoms with Crippen LogP contribution in [0.4, 0.5) is 0 Å². The van der Waals surface area contributed by atoms with Crippen LogP contribution in [0.25, 0.3) is 38.5 Å². The lowest BCUT2D eigenvalue weighted by Gasteiger charge is -2.21. The average Bonchev–Trinajstić information content (AvgIpc) is 3.65. The molecule has 8 rings (SSSR count). The third kappa shape index (κ3) is 4.77. The normalized spacial score (nSPS) is 17.2. The number of rotatable bonds is 5. The molecular formula is C39H31N3O2. The van der Waals surface area contributed by atoms with Crippen molar-refractivity contribution in [3.8, 4) is 0 Å². The molecule has 214 valence electrons. The van der Waals surface area contributed by atoms with Crippen LogP contribution in [0, 0.1) is 0 Å². The second kappa shape index (κ2) is 11.0. The zero-order valence-electron chi connectivity index (χ0n) is 24.2. The minimum atomic E-state index is 0.204. The van der Waals surface area contributed by atoms with Crippen molar-refractivity contribution in [2.24, 2.45) is 15.7 Å².